The van der Waals surface area contributed by atoms with Crippen molar-refractivity contribution in [3.8, 4) is 5.75 Å². The van der Waals surface area contributed by atoms with Gasteiger partial charge in [-0.25, -0.2) is 0 Å². The van der Waals surface area contributed by atoms with Gasteiger partial charge >= 0.3 is 0 Å². The van der Waals surface area contributed by atoms with Crippen molar-refractivity contribution in [2.75, 3.05) is 32.5 Å². The van der Waals surface area contributed by atoms with Crippen LogP contribution in [0.5, 0.6) is 5.75 Å². The van der Waals surface area contributed by atoms with Gasteiger partial charge in [0.25, 0.3) is 5.91 Å². The zero-order valence-corrected chi connectivity index (χ0v) is 18.5. The van der Waals surface area contributed by atoms with Gasteiger partial charge in [0.1, 0.15) is 12.4 Å². The van der Waals surface area contributed by atoms with Crippen LogP contribution in [0.1, 0.15) is 21.5 Å². The minimum absolute atomic E-state index is 0.0155. The van der Waals surface area contributed by atoms with Crippen LogP contribution in [0.2, 0.25) is 0 Å². The molecule has 0 radical (unpaired) electrons. The van der Waals surface area contributed by atoms with E-state index in [1.165, 1.54) is 0 Å². The standard InChI is InChI=1S/C26H29N3O3/c1-29(2)17-16-27-25(30)18-20-8-12-23(13-9-20)28-26(31)22-10-14-24(15-11-22)32-19-21-6-4-3-5-7-21/h3-15H,16-19H2,1-2H3,(H,27,30)(H,28,31). The fraction of sp³-hybridized carbons (Fsp3) is 0.231. The van der Waals surface area contributed by atoms with Crippen LogP contribution in [0.25, 0.3) is 0 Å². The van der Waals surface area contributed by atoms with E-state index in [1.807, 2.05) is 61.5 Å². The third-order valence-electron chi connectivity index (χ3n) is 4.82. The van der Waals surface area contributed by atoms with E-state index < -0.39 is 0 Å². The minimum atomic E-state index is -0.200. The third kappa shape index (κ3) is 7.56. The molecule has 2 amide bonds. The molecule has 6 heteroatoms. The molecule has 0 saturated heterocycles. The first-order valence-corrected chi connectivity index (χ1v) is 10.6. The van der Waals surface area contributed by atoms with E-state index in [1.54, 1.807) is 36.4 Å². The molecule has 3 aromatic rings. The molecular formula is C26H29N3O3. The van der Waals surface area contributed by atoms with Gasteiger partial charge in [0, 0.05) is 24.3 Å². The number of benzene rings is 3. The van der Waals surface area contributed by atoms with Crippen molar-refractivity contribution in [3.05, 3.63) is 95.6 Å². The van der Waals surface area contributed by atoms with Crippen LogP contribution < -0.4 is 15.4 Å². The van der Waals surface area contributed by atoms with Crippen LogP contribution in [0.3, 0.4) is 0 Å². The molecule has 0 spiro atoms. The number of nitrogens with one attached hydrogen (secondary N) is 2. The number of anilines is 1. The van der Waals surface area contributed by atoms with Crippen molar-refractivity contribution in [2.24, 2.45) is 0 Å². The summed E-state index contributed by atoms with van der Waals surface area (Å²) in [7, 11) is 3.93. The summed E-state index contributed by atoms with van der Waals surface area (Å²) < 4.78 is 5.76. The molecule has 3 rings (SSSR count). The highest BCUT2D eigenvalue weighted by atomic mass is 16.5. The Bertz CT molecular complexity index is 1000. The van der Waals surface area contributed by atoms with E-state index in [0.717, 1.165) is 17.7 Å². The Labute approximate surface area is 189 Å². The molecule has 32 heavy (non-hydrogen) atoms. The van der Waals surface area contributed by atoms with E-state index in [-0.39, 0.29) is 11.8 Å². The van der Waals surface area contributed by atoms with Gasteiger partial charge in [-0.15, -0.1) is 0 Å². The summed E-state index contributed by atoms with van der Waals surface area (Å²) in [5, 5.41) is 5.77. The normalized spacial score (nSPS) is 10.6. The zero-order valence-electron chi connectivity index (χ0n) is 18.5. The summed E-state index contributed by atoms with van der Waals surface area (Å²) in [6.07, 6.45) is 0.312. The Morgan fingerprint density at radius 1 is 0.844 bits per heavy atom. The Balaban J connectivity index is 1.47. The second-order valence-electron chi connectivity index (χ2n) is 7.78. The number of hydrogen-bond acceptors (Lipinski definition) is 4. The number of ether oxygens (including phenoxy) is 1. The predicted octanol–water partition coefficient (Wildman–Crippen LogP) is 3.74. The van der Waals surface area contributed by atoms with Crippen molar-refractivity contribution in [3.63, 3.8) is 0 Å². The van der Waals surface area contributed by atoms with E-state index in [9.17, 15) is 9.59 Å². The Hall–Kier alpha value is -3.64. The molecule has 0 aliphatic carbocycles. The van der Waals surface area contributed by atoms with Gasteiger partial charge < -0.3 is 20.3 Å². The average molecular weight is 432 g/mol. The number of likely N-dealkylation sites (N-methyl/N-ethyl adjacent to an activating group) is 1. The summed E-state index contributed by atoms with van der Waals surface area (Å²) in [4.78, 5) is 26.5. The fourth-order valence-electron chi connectivity index (χ4n) is 3.02. The molecule has 2 N–H and O–H groups in total. The van der Waals surface area contributed by atoms with Crippen LogP contribution in [-0.2, 0) is 17.8 Å². The lowest BCUT2D eigenvalue weighted by molar-refractivity contribution is -0.120. The van der Waals surface area contributed by atoms with Crippen molar-refractivity contribution >= 4 is 17.5 Å². The van der Waals surface area contributed by atoms with Crippen molar-refractivity contribution < 1.29 is 14.3 Å². The Kier molecular flexibility index (Phi) is 8.40. The number of carbonyl (C=O) groups is 2. The molecule has 0 heterocycles. The number of carbonyl (C=O) groups excluding carboxylic acids is 2. The predicted molar refractivity (Wildman–Crippen MR) is 127 cm³/mol. The van der Waals surface area contributed by atoms with Crippen LogP contribution in [0.4, 0.5) is 5.69 Å². The van der Waals surface area contributed by atoms with Gasteiger partial charge in [0.05, 0.1) is 6.42 Å². The smallest absolute Gasteiger partial charge is 0.255 e. The summed E-state index contributed by atoms with van der Waals surface area (Å²) in [6.45, 7) is 1.90. The Morgan fingerprint density at radius 3 is 2.19 bits per heavy atom. The first-order valence-electron chi connectivity index (χ1n) is 10.6. The molecular weight excluding hydrogens is 402 g/mol. The first-order chi connectivity index (χ1) is 15.5. The van der Waals surface area contributed by atoms with Gasteiger partial charge in [0.2, 0.25) is 5.91 Å². The molecule has 166 valence electrons. The van der Waals surface area contributed by atoms with Crippen LogP contribution in [-0.4, -0.2) is 43.9 Å². The molecule has 0 aliphatic rings. The lowest BCUT2D eigenvalue weighted by Crippen LogP contribution is -2.32. The van der Waals surface area contributed by atoms with Gasteiger partial charge in [-0.3, -0.25) is 9.59 Å². The molecule has 0 aromatic heterocycles. The zero-order chi connectivity index (χ0) is 22.8. The van der Waals surface area contributed by atoms with Crippen molar-refractivity contribution in [2.45, 2.75) is 13.0 Å². The maximum Gasteiger partial charge on any atom is 0.255 e. The fourth-order valence-corrected chi connectivity index (χ4v) is 3.02. The summed E-state index contributed by atoms with van der Waals surface area (Å²) >= 11 is 0. The first kappa shape index (κ1) is 23.0. The number of amides is 2. The average Bonchev–Trinajstić information content (AvgIpc) is 2.80. The largest absolute Gasteiger partial charge is 0.489 e. The van der Waals surface area contributed by atoms with Crippen molar-refractivity contribution in [1.82, 2.24) is 10.2 Å². The van der Waals surface area contributed by atoms with E-state index in [0.29, 0.717) is 36.6 Å². The summed E-state index contributed by atoms with van der Waals surface area (Å²) in [5.41, 5.74) is 3.20. The van der Waals surface area contributed by atoms with Crippen LogP contribution in [0, 0.1) is 0 Å². The second-order valence-corrected chi connectivity index (χ2v) is 7.78. The van der Waals surface area contributed by atoms with Crippen LogP contribution >= 0.6 is 0 Å². The number of rotatable bonds is 10. The molecule has 0 bridgehead atoms. The maximum atomic E-state index is 12.5. The lowest BCUT2D eigenvalue weighted by atomic mass is 10.1. The molecule has 0 saturated carbocycles. The van der Waals surface area contributed by atoms with E-state index in [4.69, 9.17) is 4.74 Å². The highest BCUT2D eigenvalue weighted by Crippen LogP contribution is 2.16. The summed E-state index contributed by atoms with van der Waals surface area (Å²) in [6, 6.07) is 24.3. The quantitative estimate of drug-likeness (QED) is 0.513. The highest BCUT2D eigenvalue weighted by molar-refractivity contribution is 6.04. The molecule has 3 aromatic carbocycles. The topological polar surface area (TPSA) is 70.7 Å². The minimum Gasteiger partial charge on any atom is -0.489 e. The lowest BCUT2D eigenvalue weighted by Gasteiger charge is -2.11. The van der Waals surface area contributed by atoms with Gasteiger partial charge in [-0.2, -0.15) is 0 Å². The molecule has 0 aliphatic heterocycles. The van der Waals surface area contributed by atoms with Gasteiger partial charge in [0.15, 0.2) is 0 Å². The number of hydrogen-bond donors (Lipinski definition) is 2. The Morgan fingerprint density at radius 2 is 1.53 bits per heavy atom. The van der Waals surface area contributed by atoms with Gasteiger partial charge in [-0.05, 0) is 61.6 Å². The monoisotopic (exact) mass is 431 g/mol. The highest BCUT2D eigenvalue weighted by Gasteiger charge is 2.08. The molecule has 0 atom stereocenters. The molecule has 0 fully saturated rings. The SMILES string of the molecule is CN(C)CCNC(=O)Cc1ccc(NC(=O)c2ccc(OCc3ccccc3)cc2)cc1. The summed E-state index contributed by atoms with van der Waals surface area (Å²) in [5.74, 6) is 0.491. The van der Waals surface area contributed by atoms with E-state index in [2.05, 4.69) is 10.6 Å². The number of nitrogens with zero attached hydrogens (tertiary/aromatic N) is 1. The molecule has 6 nitrogen and oxygen atoms in total. The van der Waals surface area contributed by atoms with Crippen LogP contribution in [0.15, 0.2) is 78.9 Å². The van der Waals surface area contributed by atoms with Gasteiger partial charge in [-0.1, -0.05) is 42.5 Å². The van der Waals surface area contributed by atoms with Crippen molar-refractivity contribution in [1.29, 1.82) is 0 Å². The third-order valence-corrected chi connectivity index (χ3v) is 4.82. The van der Waals surface area contributed by atoms with E-state index >= 15 is 0 Å². The molecule has 0 unspecified atom stereocenters. The second kappa shape index (κ2) is 11.7. The maximum absolute atomic E-state index is 12.5.